The van der Waals surface area contributed by atoms with Crippen LogP contribution >= 0.6 is 0 Å². The van der Waals surface area contributed by atoms with Gasteiger partial charge < -0.3 is 14.6 Å². The number of aliphatic hydroxyl groups is 1. The van der Waals surface area contributed by atoms with E-state index >= 15 is 0 Å². The predicted molar refractivity (Wildman–Crippen MR) is 128 cm³/mol. The van der Waals surface area contributed by atoms with Gasteiger partial charge in [-0.25, -0.2) is 8.42 Å². The number of methoxy groups -OCH3 is 2. The normalized spacial score (nSPS) is 14.9. The van der Waals surface area contributed by atoms with Crippen molar-refractivity contribution in [1.82, 2.24) is 14.1 Å². The van der Waals surface area contributed by atoms with Crippen molar-refractivity contribution in [3.63, 3.8) is 0 Å². The Morgan fingerprint density at radius 1 is 1.00 bits per heavy atom. The lowest BCUT2D eigenvalue weighted by Gasteiger charge is -2.21. The Morgan fingerprint density at radius 3 is 1.91 bits per heavy atom. The van der Waals surface area contributed by atoms with Gasteiger partial charge in [-0.05, 0) is 54.7 Å². The lowest BCUT2D eigenvalue weighted by molar-refractivity contribution is 0.162. The Bertz CT molecular complexity index is 1150. The van der Waals surface area contributed by atoms with Gasteiger partial charge >= 0.3 is 0 Å². The quantitative estimate of drug-likeness (QED) is 0.440. The highest BCUT2D eigenvalue weighted by Crippen LogP contribution is 2.38. The Hall–Kier alpha value is -2.88. The molecule has 1 aliphatic carbocycles. The number of aromatic nitrogens is 2. The molecule has 0 bridgehead atoms. The van der Waals surface area contributed by atoms with Gasteiger partial charge in [0.05, 0.1) is 32.1 Å². The molecule has 34 heavy (non-hydrogen) atoms. The predicted octanol–water partition coefficient (Wildman–Crippen LogP) is 4.07. The molecule has 1 fully saturated rings. The summed E-state index contributed by atoms with van der Waals surface area (Å²) in [6.45, 7) is 2.20. The summed E-state index contributed by atoms with van der Waals surface area (Å²) in [7, 11) is -0.768. The van der Waals surface area contributed by atoms with Crippen LogP contribution in [0.5, 0.6) is 11.5 Å². The van der Waals surface area contributed by atoms with Gasteiger partial charge in [0.1, 0.15) is 11.5 Å². The fourth-order valence-electron chi connectivity index (χ4n) is 3.81. The first-order valence-corrected chi connectivity index (χ1v) is 12.8. The second-order valence-electron chi connectivity index (χ2n) is 8.48. The molecular weight excluding hydrogens is 454 g/mol. The molecule has 1 aromatic heterocycles. The maximum atomic E-state index is 13.8. The number of hydrogen-bond acceptors (Lipinski definition) is 6. The van der Waals surface area contributed by atoms with Crippen LogP contribution in [-0.2, 0) is 23.1 Å². The summed E-state index contributed by atoms with van der Waals surface area (Å²) in [6, 6.07) is 16.3. The third kappa shape index (κ3) is 5.27. The van der Waals surface area contributed by atoms with Gasteiger partial charge in [0.25, 0.3) is 10.0 Å². The van der Waals surface area contributed by atoms with Crippen molar-refractivity contribution < 1.29 is 23.0 Å². The zero-order valence-electron chi connectivity index (χ0n) is 19.7. The molecule has 8 nitrogen and oxygen atoms in total. The SMILES string of the molecule is CCC(O)c1cc(S(=O)(=O)N(Cc2ccc(OC)cc2)Cc2ccc(OC)cc2)nn1C1CC1. The zero-order chi connectivity index (χ0) is 24.3. The largest absolute Gasteiger partial charge is 0.497 e. The van der Waals surface area contributed by atoms with E-state index in [0.29, 0.717) is 23.6 Å². The highest BCUT2D eigenvalue weighted by Gasteiger charge is 2.34. The molecule has 3 aromatic rings. The monoisotopic (exact) mass is 485 g/mol. The number of benzene rings is 2. The molecule has 4 rings (SSSR count). The minimum Gasteiger partial charge on any atom is -0.497 e. The van der Waals surface area contributed by atoms with Crippen molar-refractivity contribution in [3.8, 4) is 11.5 Å². The number of sulfonamides is 1. The average Bonchev–Trinajstić information content (AvgIpc) is 3.61. The number of rotatable bonds is 11. The molecule has 182 valence electrons. The topological polar surface area (TPSA) is 93.9 Å². The fraction of sp³-hybridized carbons (Fsp3) is 0.400. The Morgan fingerprint density at radius 2 is 1.50 bits per heavy atom. The second-order valence-corrected chi connectivity index (χ2v) is 10.4. The summed E-state index contributed by atoms with van der Waals surface area (Å²) < 4.78 is 41.2. The number of hydrogen-bond donors (Lipinski definition) is 1. The van der Waals surface area contributed by atoms with Crippen LogP contribution in [0.15, 0.2) is 59.6 Å². The van der Waals surface area contributed by atoms with E-state index in [9.17, 15) is 13.5 Å². The number of aliphatic hydroxyl groups excluding tert-OH is 1. The van der Waals surface area contributed by atoms with Gasteiger partial charge in [0, 0.05) is 19.2 Å². The second kappa shape index (κ2) is 10.2. The summed E-state index contributed by atoms with van der Waals surface area (Å²) in [5.74, 6) is 1.41. The first-order chi connectivity index (χ1) is 16.3. The third-order valence-electron chi connectivity index (χ3n) is 6.00. The highest BCUT2D eigenvalue weighted by molar-refractivity contribution is 7.89. The van der Waals surface area contributed by atoms with E-state index in [-0.39, 0.29) is 24.2 Å². The number of nitrogens with zero attached hydrogens (tertiary/aromatic N) is 3. The maximum Gasteiger partial charge on any atom is 0.263 e. The first kappa shape index (κ1) is 24.3. The van der Waals surface area contributed by atoms with E-state index in [2.05, 4.69) is 5.10 Å². The molecule has 0 amide bonds. The summed E-state index contributed by atoms with van der Waals surface area (Å²) in [4.78, 5) is 0. The van der Waals surface area contributed by atoms with Crippen molar-refractivity contribution in [1.29, 1.82) is 0 Å². The van der Waals surface area contributed by atoms with Gasteiger partial charge in [-0.1, -0.05) is 31.2 Å². The van der Waals surface area contributed by atoms with Crippen LogP contribution in [0, 0.1) is 0 Å². The van der Waals surface area contributed by atoms with Crippen LogP contribution in [0.3, 0.4) is 0 Å². The molecule has 1 heterocycles. The van der Waals surface area contributed by atoms with Gasteiger partial charge in [0.2, 0.25) is 0 Å². The Labute approximate surface area is 200 Å². The van der Waals surface area contributed by atoms with Crippen molar-refractivity contribution in [2.45, 2.75) is 56.4 Å². The minimum absolute atomic E-state index is 0.0380. The molecule has 1 unspecified atom stereocenters. The van der Waals surface area contributed by atoms with Crippen LogP contribution in [0.4, 0.5) is 0 Å². The van der Waals surface area contributed by atoms with Crippen LogP contribution in [0.25, 0.3) is 0 Å². The smallest absolute Gasteiger partial charge is 0.263 e. The lowest BCUT2D eigenvalue weighted by atomic mass is 10.2. The van der Waals surface area contributed by atoms with E-state index in [1.165, 1.54) is 10.4 Å². The Balaban J connectivity index is 1.69. The molecule has 0 spiro atoms. The van der Waals surface area contributed by atoms with Crippen LogP contribution in [-0.4, -0.2) is 41.8 Å². The van der Waals surface area contributed by atoms with E-state index in [4.69, 9.17) is 9.47 Å². The van der Waals surface area contributed by atoms with Gasteiger partial charge in [0.15, 0.2) is 5.03 Å². The van der Waals surface area contributed by atoms with Crippen LogP contribution < -0.4 is 9.47 Å². The van der Waals surface area contributed by atoms with E-state index in [0.717, 1.165) is 24.0 Å². The molecule has 0 aliphatic heterocycles. The molecular formula is C25H31N3O5S. The van der Waals surface area contributed by atoms with E-state index in [1.807, 2.05) is 55.5 Å². The molecule has 1 N–H and O–H groups in total. The zero-order valence-corrected chi connectivity index (χ0v) is 20.5. The maximum absolute atomic E-state index is 13.8. The van der Waals surface area contributed by atoms with Gasteiger partial charge in [-0.2, -0.15) is 9.40 Å². The average molecular weight is 486 g/mol. The van der Waals surface area contributed by atoms with E-state index < -0.39 is 16.1 Å². The standard InChI is InChI=1S/C25H31N3O5S/c1-4-24(29)23-15-25(26-28(23)20-9-10-20)34(30,31)27(16-18-5-11-21(32-2)12-6-18)17-19-7-13-22(33-3)14-8-19/h5-8,11-15,20,24,29H,4,9-10,16-17H2,1-3H3. The Kier molecular flexibility index (Phi) is 7.25. The first-order valence-electron chi connectivity index (χ1n) is 11.4. The summed E-state index contributed by atoms with van der Waals surface area (Å²) in [6.07, 6.45) is 1.60. The van der Waals surface area contributed by atoms with Gasteiger partial charge in [-0.15, -0.1) is 0 Å². The number of ether oxygens (including phenoxy) is 2. The fourth-order valence-corrected chi connectivity index (χ4v) is 5.17. The van der Waals surface area contributed by atoms with Crippen molar-refractivity contribution >= 4 is 10.0 Å². The summed E-state index contributed by atoms with van der Waals surface area (Å²) in [5, 5.41) is 14.9. The molecule has 1 saturated carbocycles. The van der Waals surface area contributed by atoms with E-state index in [1.54, 1.807) is 18.9 Å². The van der Waals surface area contributed by atoms with Crippen LogP contribution in [0.1, 0.15) is 55.2 Å². The molecule has 1 atom stereocenters. The molecule has 2 aromatic carbocycles. The van der Waals surface area contributed by atoms with Crippen molar-refractivity contribution in [2.24, 2.45) is 0 Å². The molecule has 1 aliphatic rings. The summed E-state index contributed by atoms with van der Waals surface area (Å²) >= 11 is 0. The summed E-state index contributed by atoms with van der Waals surface area (Å²) in [5.41, 5.74) is 2.21. The third-order valence-corrected chi connectivity index (χ3v) is 7.67. The minimum atomic E-state index is -3.95. The molecule has 9 heteroatoms. The lowest BCUT2D eigenvalue weighted by Crippen LogP contribution is -2.30. The molecule has 0 radical (unpaired) electrons. The van der Waals surface area contributed by atoms with Crippen LogP contribution in [0.2, 0.25) is 0 Å². The molecule has 0 saturated heterocycles. The van der Waals surface area contributed by atoms with Crippen molar-refractivity contribution in [2.75, 3.05) is 14.2 Å². The van der Waals surface area contributed by atoms with Crippen molar-refractivity contribution in [3.05, 3.63) is 71.4 Å². The highest BCUT2D eigenvalue weighted by atomic mass is 32.2. The van der Waals surface area contributed by atoms with Gasteiger partial charge in [-0.3, -0.25) is 4.68 Å².